The Bertz CT molecular complexity index is 325. The van der Waals surface area contributed by atoms with Gasteiger partial charge in [0.05, 0.1) is 0 Å². The molecule has 0 saturated heterocycles. The zero-order valence-electron chi connectivity index (χ0n) is 7.33. The highest BCUT2D eigenvalue weighted by atomic mass is 35.5. The number of halogens is 1. The van der Waals surface area contributed by atoms with Gasteiger partial charge in [0.15, 0.2) is 0 Å². The number of nitrogens with two attached hydrogens (primary N) is 2. The van der Waals surface area contributed by atoms with Crippen LogP contribution in [-0.4, -0.2) is 6.04 Å². The summed E-state index contributed by atoms with van der Waals surface area (Å²) < 4.78 is 0. The van der Waals surface area contributed by atoms with Crippen molar-refractivity contribution in [2.75, 3.05) is 0 Å². The minimum atomic E-state index is 0.333. The van der Waals surface area contributed by atoms with Crippen molar-refractivity contribution in [2.45, 2.75) is 24.9 Å². The molecule has 0 radical (unpaired) electrons. The maximum atomic E-state index is 6.03. The third kappa shape index (κ3) is 1.70. The highest BCUT2D eigenvalue weighted by molar-refractivity contribution is 6.31. The zero-order chi connectivity index (χ0) is 9.42. The SMILES string of the molecule is NCc1ccc([C@@H]2C[C@H]2N)cc1Cl. The summed E-state index contributed by atoms with van der Waals surface area (Å²) in [5.41, 5.74) is 13.5. The number of benzene rings is 1. The smallest absolute Gasteiger partial charge is 0.0453 e. The van der Waals surface area contributed by atoms with Crippen LogP contribution in [0.25, 0.3) is 0 Å². The van der Waals surface area contributed by atoms with Gasteiger partial charge in [0.2, 0.25) is 0 Å². The van der Waals surface area contributed by atoms with E-state index in [0.717, 1.165) is 17.0 Å². The van der Waals surface area contributed by atoms with Gasteiger partial charge >= 0.3 is 0 Å². The molecular formula is C10H13ClN2. The van der Waals surface area contributed by atoms with Gasteiger partial charge in [-0.1, -0.05) is 23.7 Å². The van der Waals surface area contributed by atoms with Crippen LogP contribution in [0.3, 0.4) is 0 Å². The van der Waals surface area contributed by atoms with E-state index >= 15 is 0 Å². The number of hydrogen-bond donors (Lipinski definition) is 2. The summed E-state index contributed by atoms with van der Waals surface area (Å²) in [6.07, 6.45) is 1.08. The van der Waals surface area contributed by atoms with Crippen LogP contribution in [0.15, 0.2) is 18.2 Å². The van der Waals surface area contributed by atoms with E-state index < -0.39 is 0 Å². The molecule has 1 aromatic rings. The second-order valence-electron chi connectivity index (χ2n) is 3.56. The molecule has 0 unspecified atom stereocenters. The molecule has 0 aromatic heterocycles. The maximum absolute atomic E-state index is 6.03. The molecule has 1 aromatic carbocycles. The van der Waals surface area contributed by atoms with E-state index in [0.29, 0.717) is 18.5 Å². The molecule has 1 fully saturated rings. The summed E-state index contributed by atoms with van der Waals surface area (Å²) in [4.78, 5) is 0. The van der Waals surface area contributed by atoms with Crippen molar-refractivity contribution in [3.63, 3.8) is 0 Å². The van der Waals surface area contributed by atoms with Gasteiger partial charge in [-0.25, -0.2) is 0 Å². The Balaban J connectivity index is 2.25. The van der Waals surface area contributed by atoms with Crippen LogP contribution in [0.1, 0.15) is 23.5 Å². The molecule has 13 heavy (non-hydrogen) atoms. The average molecular weight is 197 g/mol. The van der Waals surface area contributed by atoms with Gasteiger partial charge in [-0.05, 0) is 23.6 Å². The molecule has 0 bridgehead atoms. The van der Waals surface area contributed by atoms with Crippen molar-refractivity contribution in [3.05, 3.63) is 34.3 Å². The molecule has 3 heteroatoms. The second kappa shape index (κ2) is 3.29. The van der Waals surface area contributed by atoms with Gasteiger partial charge in [-0.2, -0.15) is 0 Å². The molecule has 2 nitrogen and oxygen atoms in total. The van der Waals surface area contributed by atoms with Gasteiger partial charge in [0.1, 0.15) is 0 Å². The largest absolute Gasteiger partial charge is 0.327 e. The monoisotopic (exact) mass is 196 g/mol. The molecule has 1 saturated carbocycles. The van der Waals surface area contributed by atoms with E-state index in [-0.39, 0.29) is 0 Å². The molecular weight excluding hydrogens is 184 g/mol. The molecule has 2 rings (SSSR count). The van der Waals surface area contributed by atoms with Gasteiger partial charge in [0.25, 0.3) is 0 Å². The molecule has 0 heterocycles. The summed E-state index contributed by atoms with van der Waals surface area (Å²) in [5.74, 6) is 0.518. The molecule has 1 aliphatic carbocycles. The molecule has 0 spiro atoms. The lowest BCUT2D eigenvalue weighted by molar-refractivity contribution is 0.985. The summed E-state index contributed by atoms with van der Waals surface area (Å²) in [6, 6.07) is 6.38. The van der Waals surface area contributed by atoms with Crippen LogP contribution in [0.2, 0.25) is 5.02 Å². The number of rotatable bonds is 2. The Morgan fingerprint density at radius 3 is 2.62 bits per heavy atom. The van der Waals surface area contributed by atoms with E-state index in [1.807, 2.05) is 12.1 Å². The van der Waals surface area contributed by atoms with Crippen LogP contribution in [0.5, 0.6) is 0 Å². The van der Waals surface area contributed by atoms with Crippen LogP contribution in [0, 0.1) is 0 Å². The lowest BCUT2D eigenvalue weighted by Crippen LogP contribution is -2.02. The average Bonchev–Trinajstić information content (AvgIpc) is 2.82. The lowest BCUT2D eigenvalue weighted by Gasteiger charge is -2.03. The minimum absolute atomic E-state index is 0.333. The topological polar surface area (TPSA) is 52.0 Å². The molecule has 1 aliphatic rings. The summed E-state index contributed by atoms with van der Waals surface area (Å²) in [7, 11) is 0. The van der Waals surface area contributed by atoms with Crippen LogP contribution >= 0.6 is 11.6 Å². The Morgan fingerprint density at radius 1 is 1.46 bits per heavy atom. The van der Waals surface area contributed by atoms with Crippen molar-refractivity contribution < 1.29 is 0 Å². The zero-order valence-corrected chi connectivity index (χ0v) is 8.09. The quantitative estimate of drug-likeness (QED) is 0.755. The van der Waals surface area contributed by atoms with Crippen molar-refractivity contribution >= 4 is 11.6 Å². The third-order valence-corrected chi connectivity index (χ3v) is 2.92. The number of hydrogen-bond acceptors (Lipinski definition) is 2. The summed E-state index contributed by atoms with van der Waals surface area (Å²) in [5, 5.41) is 0.763. The second-order valence-corrected chi connectivity index (χ2v) is 3.97. The van der Waals surface area contributed by atoms with Crippen molar-refractivity contribution in [2.24, 2.45) is 11.5 Å². The van der Waals surface area contributed by atoms with Crippen LogP contribution in [-0.2, 0) is 6.54 Å². The summed E-state index contributed by atoms with van der Waals surface area (Å²) in [6.45, 7) is 0.496. The van der Waals surface area contributed by atoms with Gasteiger partial charge in [-0.3, -0.25) is 0 Å². The molecule has 2 atom stereocenters. The maximum Gasteiger partial charge on any atom is 0.0453 e. The van der Waals surface area contributed by atoms with Crippen molar-refractivity contribution in [1.82, 2.24) is 0 Å². The van der Waals surface area contributed by atoms with E-state index in [9.17, 15) is 0 Å². The van der Waals surface area contributed by atoms with Gasteiger partial charge < -0.3 is 11.5 Å². The predicted molar refractivity (Wildman–Crippen MR) is 54.7 cm³/mol. The normalized spacial score (nSPS) is 26.1. The van der Waals surface area contributed by atoms with Crippen molar-refractivity contribution in [1.29, 1.82) is 0 Å². The first-order valence-corrected chi connectivity index (χ1v) is 4.84. The fourth-order valence-electron chi connectivity index (χ4n) is 1.56. The van der Waals surface area contributed by atoms with Crippen molar-refractivity contribution in [3.8, 4) is 0 Å². The van der Waals surface area contributed by atoms with Gasteiger partial charge in [-0.15, -0.1) is 0 Å². The molecule has 0 aliphatic heterocycles. The third-order valence-electron chi connectivity index (χ3n) is 2.56. The fourth-order valence-corrected chi connectivity index (χ4v) is 1.82. The lowest BCUT2D eigenvalue weighted by atomic mass is 10.1. The molecule has 70 valence electrons. The van der Waals surface area contributed by atoms with Gasteiger partial charge in [0, 0.05) is 23.5 Å². The van der Waals surface area contributed by atoms with E-state index in [4.69, 9.17) is 23.1 Å². The predicted octanol–water partition coefficient (Wildman–Crippen LogP) is 1.61. The standard InChI is InChI=1S/C10H13ClN2/c11-9-3-6(8-4-10(8)13)1-2-7(9)5-12/h1-3,8,10H,4-5,12-13H2/t8-,10+/m0/s1. The van der Waals surface area contributed by atoms with Crippen LogP contribution < -0.4 is 11.5 Å². The Hall–Kier alpha value is -0.570. The summed E-state index contributed by atoms with van der Waals surface area (Å²) >= 11 is 6.03. The Morgan fingerprint density at radius 2 is 2.15 bits per heavy atom. The Kier molecular flexibility index (Phi) is 2.28. The highest BCUT2D eigenvalue weighted by Gasteiger charge is 2.34. The fraction of sp³-hybridized carbons (Fsp3) is 0.400. The first kappa shape index (κ1) is 9.00. The minimum Gasteiger partial charge on any atom is -0.327 e. The van der Waals surface area contributed by atoms with E-state index in [1.165, 1.54) is 5.56 Å². The van der Waals surface area contributed by atoms with E-state index in [1.54, 1.807) is 0 Å². The molecule has 4 N–H and O–H groups in total. The van der Waals surface area contributed by atoms with E-state index in [2.05, 4.69) is 6.07 Å². The first-order chi connectivity index (χ1) is 6.22. The van der Waals surface area contributed by atoms with Crippen LogP contribution in [0.4, 0.5) is 0 Å². The first-order valence-electron chi connectivity index (χ1n) is 4.46. The Labute approximate surface area is 82.9 Å². The highest BCUT2D eigenvalue weighted by Crippen LogP contribution is 2.40. The molecule has 0 amide bonds.